The van der Waals surface area contributed by atoms with Crippen molar-refractivity contribution in [1.82, 2.24) is 9.88 Å². The van der Waals surface area contributed by atoms with E-state index in [9.17, 15) is 8.78 Å². The number of fused-ring (bicyclic) bond motifs is 2. The number of hydrogen-bond donors (Lipinski definition) is 1. The molecule has 1 atom stereocenters. The lowest BCUT2D eigenvalue weighted by Crippen LogP contribution is -2.39. The molecule has 0 saturated carbocycles. The van der Waals surface area contributed by atoms with E-state index in [-0.39, 0.29) is 0 Å². The summed E-state index contributed by atoms with van der Waals surface area (Å²) in [5, 5.41) is 1.06. The maximum atomic E-state index is 13.9. The number of aromatic amines is 1. The third kappa shape index (κ3) is 4.19. The Bertz CT molecular complexity index is 1050. The van der Waals surface area contributed by atoms with E-state index in [1.807, 2.05) is 43.5 Å². The molecule has 1 unspecified atom stereocenters. The average molecular weight is 430 g/mol. The van der Waals surface area contributed by atoms with Crippen LogP contribution in [0.5, 0.6) is 17.2 Å². The summed E-state index contributed by atoms with van der Waals surface area (Å²) in [6, 6.07) is 9.28. The van der Waals surface area contributed by atoms with Crippen molar-refractivity contribution in [3.8, 4) is 17.2 Å². The number of halogens is 2. The van der Waals surface area contributed by atoms with Crippen molar-refractivity contribution < 1.29 is 23.0 Å². The average Bonchev–Trinajstić information content (AvgIpc) is 3.19. The Morgan fingerprint density at radius 3 is 2.68 bits per heavy atom. The Kier molecular flexibility index (Phi) is 6.32. The van der Waals surface area contributed by atoms with Crippen molar-refractivity contribution in [1.29, 1.82) is 0 Å². The first-order valence-corrected chi connectivity index (χ1v) is 10.6. The zero-order chi connectivity index (χ0) is 22.0. The van der Waals surface area contributed by atoms with Gasteiger partial charge in [0.15, 0.2) is 11.5 Å². The van der Waals surface area contributed by atoms with Crippen molar-refractivity contribution in [3.63, 3.8) is 0 Å². The van der Waals surface area contributed by atoms with Crippen molar-refractivity contribution in [2.45, 2.75) is 38.8 Å². The largest absolute Gasteiger partial charge is 0.497 e. The lowest BCUT2D eigenvalue weighted by molar-refractivity contribution is -0.0607. The van der Waals surface area contributed by atoms with Crippen molar-refractivity contribution in [2.24, 2.45) is 0 Å². The van der Waals surface area contributed by atoms with Crippen molar-refractivity contribution in [2.75, 3.05) is 27.4 Å². The topological polar surface area (TPSA) is 46.7 Å². The molecule has 0 amide bonds. The quantitative estimate of drug-likeness (QED) is 0.490. The summed E-state index contributed by atoms with van der Waals surface area (Å²) in [6.07, 6.45) is 3.75. The molecule has 1 aliphatic rings. The van der Waals surface area contributed by atoms with E-state index in [0.717, 1.165) is 33.3 Å². The SMILES string of the molecule is CCOc1cc2c(cc1OC)CCN(C(F)F)C2CCc1c[nH]c2ccc(OC)cc12. The van der Waals surface area contributed by atoms with Gasteiger partial charge in [-0.3, -0.25) is 0 Å². The number of aryl methyl sites for hydroxylation is 1. The van der Waals surface area contributed by atoms with Gasteiger partial charge in [-0.2, -0.15) is 8.78 Å². The minimum Gasteiger partial charge on any atom is -0.497 e. The maximum absolute atomic E-state index is 13.9. The highest BCUT2D eigenvalue weighted by molar-refractivity contribution is 5.84. The molecule has 7 heteroatoms. The van der Waals surface area contributed by atoms with Gasteiger partial charge >= 0.3 is 0 Å². The van der Waals surface area contributed by atoms with Gasteiger partial charge in [0.05, 0.1) is 20.8 Å². The monoisotopic (exact) mass is 430 g/mol. The summed E-state index contributed by atoms with van der Waals surface area (Å²) in [5.74, 6) is 2.02. The molecule has 31 heavy (non-hydrogen) atoms. The predicted octanol–water partition coefficient (Wildman–Crippen LogP) is 5.34. The molecule has 0 fully saturated rings. The van der Waals surface area contributed by atoms with E-state index in [0.29, 0.717) is 43.9 Å². The molecule has 166 valence electrons. The van der Waals surface area contributed by atoms with E-state index >= 15 is 0 Å². The van der Waals surface area contributed by atoms with Gasteiger partial charge in [0.1, 0.15) is 5.75 Å². The molecule has 5 nitrogen and oxygen atoms in total. The Labute approximate surface area is 180 Å². The van der Waals surface area contributed by atoms with Crippen LogP contribution >= 0.6 is 0 Å². The van der Waals surface area contributed by atoms with Gasteiger partial charge in [-0.1, -0.05) is 0 Å². The molecule has 4 rings (SSSR count). The van der Waals surface area contributed by atoms with E-state index in [1.165, 1.54) is 4.90 Å². The number of methoxy groups -OCH3 is 2. The Hall–Kier alpha value is -2.80. The first kappa shape index (κ1) is 21.4. The first-order valence-electron chi connectivity index (χ1n) is 10.6. The molecule has 0 bridgehead atoms. The number of nitrogens with one attached hydrogen (secondary N) is 1. The second-order valence-corrected chi connectivity index (χ2v) is 7.68. The zero-order valence-corrected chi connectivity index (χ0v) is 18.1. The number of ether oxygens (including phenoxy) is 3. The summed E-state index contributed by atoms with van der Waals surface area (Å²) in [4.78, 5) is 4.56. The number of H-pyrrole nitrogens is 1. The Morgan fingerprint density at radius 1 is 1.13 bits per heavy atom. The van der Waals surface area contributed by atoms with E-state index in [4.69, 9.17) is 14.2 Å². The van der Waals surface area contributed by atoms with Crippen LogP contribution in [0, 0.1) is 0 Å². The molecule has 1 aliphatic heterocycles. The van der Waals surface area contributed by atoms with Crippen LogP contribution in [0.4, 0.5) is 8.78 Å². The number of nitrogens with zero attached hydrogens (tertiary/aromatic N) is 1. The lowest BCUT2D eigenvalue weighted by atomic mass is 9.88. The fourth-order valence-corrected chi connectivity index (χ4v) is 4.49. The molecule has 2 aromatic carbocycles. The fraction of sp³-hybridized carbons (Fsp3) is 0.417. The number of hydrogen-bond acceptors (Lipinski definition) is 4. The standard InChI is InChI=1S/C24H28F2N2O3/c1-4-31-23-13-19-15(11-22(23)30-3)9-10-28(24(25)26)21(19)8-5-16-14-27-20-7-6-17(29-2)12-18(16)20/h6-7,11-14,21,24,27H,4-5,8-10H2,1-3H3. The summed E-state index contributed by atoms with van der Waals surface area (Å²) in [7, 11) is 3.23. The van der Waals surface area contributed by atoms with Crippen LogP contribution in [-0.2, 0) is 12.8 Å². The van der Waals surface area contributed by atoms with Crippen LogP contribution in [0.2, 0.25) is 0 Å². The van der Waals surface area contributed by atoms with Crippen LogP contribution in [0.3, 0.4) is 0 Å². The Morgan fingerprint density at radius 2 is 1.97 bits per heavy atom. The molecule has 0 spiro atoms. The van der Waals surface area contributed by atoms with Crippen LogP contribution in [0.1, 0.15) is 36.1 Å². The number of aromatic nitrogens is 1. The molecule has 2 heterocycles. The van der Waals surface area contributed by atoms with Crippen molar-refractivity contribution >= 4 is 10.9 Å². The number of alkyl halides is 2. The van der Waals surface area contributed by atoms with Gasteiger partial charge in [-0.05, 0) is 73.2 Å². The molecule has 1 aromatic heterocycles. The van der Waals surface area contributed by atoms with Crippen LogP contribution in [0.25, 0.3) is 10.9 Å². The molecular formula is C24H28F2N2O3. The van der Waals surface area contributed by atoms with Crippen molar-refractivity contribution in [3.05, 3.63) is 53.2 Å². The minimum absolute atomic E-state index is 0.314. The summed E-state index contributed by atoms with van der Waals surface area (Å²) in [5.41, 5.74) is 4.04. The normalized spacial score (nSPS) is 16.5. The van der Waals surface area contributed by atoms with E-state index < -0.39 is 12.6 Å². The van der Waals surface area contributed by atoms with Gasteiger partial charge in [0.2, 0.25) is 0 Å². The molecule has 0 aliphatic carbocycles. The maximum Gasteiger partial charge on any atom is 0.295 e. The minimum atomic E-state index is -2.51. The smallest absolute Gasteiger partial charge is 0.295 e. The highest BCUT2D eigenvalue weighted by Gasteiger charge is 2.33. The van der Waals surface area contributed by atoms with Gasteiger partial charge in [0.25, 0.3) is 6.55 Å². The number of benzene rings is 2. The van der Waals surface area contributed by atoms with Crippen LogP contribution in [-0.4, -0.2) is 43.8 Å². The van der Waals surface area contributed by atoms with Crippen LogP contribution in [0.15, 0.2) is 36.5 Å². The van der Waals surface area contributed by atoms with Gasteiger partial charge < -0.3 is 19.2 Å². The van der Waals surface area contributed by atoms with Gasteiger partial charge in [-0.15, -0.1) is 0 Å². The van der Waals surface area contributed by atoms with Gasteiger partial charge in [0, 0.05) is 29.7 Å². The fourth-order valence-electron chi connectivity index (χ4n) is 4.49. The lowest BCUT2D eigenvalue weighted by Gasteiger charge is -2.37. The van der Waals surface area contributed by atoms with Crippen LogP contribution < -0.4 is 14.2 Å². The van der Waals surface area contributed by atoms with Gasteiger partial charge in [-0.25, -0.2) is 4.90 Å². The molecule has 1 N–H and O–H groups in total. The first-order chi connectivity index (χ1) is 15.0. The van der Waals surface area contributed by atoms with E-state index in [1.54, 1.807) is 14.2 Å². The second kappa shape index (κ2) is 9.14. The number of rotatable bonds is 8. The predicted molar refractivity (Wildman–Crippen MR) is 116 cm³/mol. The second-order valence-electron chi connectivity index (χ2n) is 7.68. The third-order valence-corrected chi connectivity index (χ3v) is 6.04. The molecule has 3 aromatic rings. The van der Waals surface area contributed by atoms with E-state index in [2.05, 4.69) is 4.98 Å². The molecular weight excluding hydrogens is 402 g/mol. The molecule has 0 radical (unpaired) electrons. The summed E-state index contributed by atoms with van der Waals surface area (Å²) < 4.78 is 44.4. The molecule has 0 saturated heterocycles. The third-order valence-electron chi connectivity index (χ3n) is 6.04. The highest BCUT2D eigenvalue weighted by Crippen LogP contribution is 2.41. The zero-order valence-electron chi connectivity index (χ0n) is 18.1. The summed E-state index contributed by atoms with van der Waals surface area (Å²) in [6.45, 7) is 0.176. The Balaban J connectivity index is 1.67. The highest BCUT2D eigenvalue weighted by atomic mass is 19.3. The summed E-state index contributed by atoms with van der Waals surface area (Å²) >= 11 is 0.